The third-order valence-electron chi connectivity index (χ3n) is 2.43. The van der Waals surface area contributed by atoms with Gasteiger partial charge in [-0.15, -0.1) is 0 Å². The number of aryl methyl sites for hydroxylation is 1. The third kappa shape index (κ3) is 2.68. The number of hydrogen-bond donors (Lipinski definition) is 1. The molecule has 0 aliphatic heterocycles. The molecule has 0 spiro atoms. The molecule has 80 valence electrons. The van der Waals surface area contributed by atoms with Crippen molar-refractivity contribution < 1.29 is 14.7 Å². The van der Waals surface area contributed by atoms with E-state index in [1.807, 2.05) is 6.92 Å². The Labute approximate surface area is 87.2 Å². The number of aliphatic hydroxyl groups is 1. The summed E-state index contributed by atoms with van der Waals surface area (Å²) in [5.74, 6) is 0.729. The van der Waals surface area contributed by atoms with Crippen LogP contribution in [-0.2, 0) is 15.2 Å². The van der Waals surface area contributed by atoms with E-state index in [1.165, 1.54) is 0 Å². The molecule has 0 unspecified atom stereocenters. The molecule has 0 bridgehead atoms. The van der Waals surface area contributed by atoms with Crippen molar-refractivity contribution in [3.05, 3.63) is 23.8 Å². The highest BCUT2D eigenvalue weighted by molar-refractivity contribution is 5.20. The second-order valence-electron chi connectivity index (χ2n) is 3.46. The highest BCUT2D eigenvalue weighted by atomic mass is 16.3. The zero-order chi connectivity index (χ0) is 11.3. The van der Waals surface area contributed by atoms with E-state index in [0.29, 0.717) is 0 Å². The number of hydrogen-bond acceptors (Lipinski definition) is 5. The molecule has 0 radical (unpaired) electrons. The number of aromatic nitrogens is 2. The summed E-state index contributed by atoms with van der Waals surface area (Å²) in [6.45, 7) is 1.84. The summed E-state index contributed by atoms with van der Waals surface area (Å²) in [7, 11) is 0. The first-order valence-corrected chi connectivity index (χ1v) is 4.64. The predicted octanol–water partition coefficient (Wildman–Crippen LogP) is 0.573. The quantitative estimate of drug-likeness (QED) is 0.729. The molecule has 5 heteroatoms. The van der Waals surface area contributed by atoms with Crippen LogP contribution >= 0.6 is 0 Å². The van der Waals surface area contributed by atoms with Gasteiger partial charge in [-0.05, 0) is 32.3 Å². The van der Waals surface area contributed by atoms with Gasteiger partial charge in [0.2, 0.25) is 0 Å². The minimum absolute atomic E-state index is 0.250. The standard InChI is InChI=1S/C9H12N2O.CO2/c1-7-10-6-3-8(11-7)9(12)4-2-5-9;2-1-3/h3,6,12H,2,4-5H2,1H3;. The molecular weight excluding hydrogens is 196 g/mol. The lowest BCUT2D eigenvalue weighted by Gasteiger charge is -2.35. The van der Waals surface area contributed by atoms with Crippen molar-refractivity contribution in [2.45, 2.75) is 31.8 Å². The van der Waals surface area contributed by atoms with E-state index in [0.717, 1.165) is 30.8 Å². The van der Waals surface area contributed by atoms with Crippen LogP contribution in [0, 0.1) is 6.92 Å². The monoisotopic (exact) mass is 208 g/mol. The predicted molar refractivity (Wildman–Crippen MR) is 49.5 cm³/mol. The second-order valence-corrected chi connectivity index (χ2v) is 3.46. The summed E-state index contributed by atoms with van der Waals surface area (Å²) in [5, 5.41) is 9.92. The first kappa shape index (κ1) is 11.5. The van der Waals surface area contributed by atoms with Gasteiger partial charge in [-0.3, -0.25) is 0 Å². The Bertz CT molecular complexity index is 369. The van der Waals surface area contributed by atoms with E-state index in [4.69, 9.17) is 9.59 Å². The summed E-state index contributed by atoms with van der Waals surface area (Å²) < 4.78 is 0. The van der Waals surface area contributed by atoms with E-state index in [9.17, 15) is 5.11 Å². The molecular formula is C10H12N2O3. The largest absolute Gasteiger partial charge is 0.384 e. The van der Waals surface area contributed by atoms with E-state index >= 15 is 0 Å². The Kier molecular flexibility index (Phi) is 3.66. The van der Waals surface area contributed by atoms with Crippen LogP contribution in [0.5, 0.6) is 0 Å². The molecule has 0 saturated heterocycles. The van der Waals surface area contributed by atoms with Gasteiger partial charge in [-0.1, -0.05) is 0 Å². The van der Waals surface area contributed by atoms with Gasteiger partial charge < -0.3 is 5.11 Å². The lowest BCUT2D eigenvalue weighted by atomic mass is 9.78. The molecule has 1 saturated carbocycles. The molecule has 1 aromatic rings. The lowest BCUT2D eigenvalue weighted by molar-refractivity contribution is -0.191. The van der Waals surface area contributed by atoms with Crippen molar-refractivity contribution in [2.24, 2.45) is 0 Å². The summed E-state index contributed by atoms with van der Waals surface area (Å²) in [6, 6.07) is 1.80. The molecule has 1 fully saturated rings. The molecule has 5 nitrogen and oxygen atoms in total. The minimum atomic E-state index is -0.645. The minimum Gasteiger partial charge on any atom is -0.384 e. The molecule has 0 atom stereocenters. The summed E-state index contributed by atoms with van der Waals surface area (Å²) >= 11 is 0. The van der Waals surface area contributed by atoms with Crippen molar-refractivity contribution in [3.8, 4) is 0 Å². The van der Waals surface area contributed by atoms with E-state index in [-0.39, 0.29) is 6.15 Å². The van der Waals surface area contributed by atoms with Crippen molar-refractivity contribution in [1.82, 2.24) is 9.97 Å². The zero-order valence-electron chi connectivity index (χ0n) is 8.43. The molecule has 1 heterocycles. The Balaban J connectivity index is 0.000000337. The van der Waals surface area contributed by atoms with Crippen LogP contribution in [0.25, 0.3) is 0 Å². The van der Waals surface area contributed by atoms with E-state index in [2.05, 4.69) is 9.97 Å². The Morgan fingerprint density at radius 3 is 2.47 bits per heavy atom. The van der Waals surface area contributed by atoms with Gasteiger partial charge in [0, 0.05) is 6.20 Å². The van der Waals surface area contributed by atoms with E-state index < -0.39 is 5.60 Å². The van der Waals surface area contributed by atoms with Crippen molar-refractivity contribution in [3.63, 3.8) is 0 Å². The first-order chi connectivity index (χ1) is 7.12. The summed E-state index contributed by atoms with van der Waals surface area (Å²) in [4.78, 5) is 24.4. The fraction of sp³-hybridized carbons (Fsp3) is 0.500. The maximum atomic E-state index is 9.92. The Hall–Kier alpha value is -1.58. The molecule has 15 heavy (non-hydrogen) atoms. The zero-order valence-corrected chi connectivity index (χ0v) is 8.43. The average Bonchev–Trinajstić information content (AvgIpc) is 2.15. The maximum Gasteiger partial charge on any atom is 0.373 e. The van der Waals surface area contributed by atoms with Gasteiger partial charge in [0.15, 0.2) is 0 Å². The second kappa shape index (κ2) is 4.77. The van der Waals surface area contributed by atoms with Crippen LogP contribution in [0.2, 0.25) is 0 Å². The average molecular weight is 208 g/mol. The molecule has 2 rings (SSSR count). The molecule has 0 amide bonds. The fourth-order valence-corrected chi connectivity index (χ4v) is 1.48. The van der Waals surface area contributed by atoms with Gasteiger partial charge in [0.25, 0.3) is 0 Å². The highest BCUT2D eigenvalue weighted by Crippen LogP contribution is 2.39. The van der Waals surface area contributed by atoms with Crippen LogP contribution in [0.4, 0.5) is 0 Å². The summed E-state index contributed by atoms with van der Waals surface area (Å²) in [6.07, 6.45) is 4.72. The Morgan fingerprint density at radius 1 is 1.47 bits per heavy atom. The normalized spacial score (nSPS) is 16.7. The lowest BCUT2D eigenvalue weighted by Crippen LogP contribution is -2.34. The fourth-order valence-electron chi connectivity index (χ4n) is 1.48. The van der Waals surface area contributed by atoms with Gasteiger partial charge in [-0.25, -0.2) is 9.97 Å². The van der Waals surface area contributed by atoms with Crippen molar-refractivity contribution >= 4 is 6.15 Å². The van der Waals surface area contributed by atoms with Crippen LogP contribution in [0.1, 0.15) is 30.8 Å². The number of carbonyl (C=O) groups excluding carboxylic acids is 2. The van der Waals surface area contributed by atoms with Gasteiger partial charge in [0.05, 0.1) is 5.69 Å². The van der Waals surface area contributed by atoms with Crippen LogP contribution in [0.15, 0.2) is 12.3 Å². The smallest absolute Gasteiger partial charge is 0.373 e. The topological polar surface area (TPSA) is 80.2 Å². The molecule has 1 N–H and O–H groups in total. The molecule has 1 aliphatic carbocycles. The molecule has 1 aliphatic rings. The SMILES string of the molecule is Cc1nccc(C2(O)CCC2)n1.O=C=O. The van der Waals surface area contributed by atoms with Crippen molar-refractivity contribution in [2.75, 3.05) is 0 Å². The molecule has 1 aromatic heterocycles. The number of nitrogens with zero attached hydrogens (tertiary/aromatic N) is 2. The van der Waals surface area contributed by atoms with Crippen LogP contribution in [-0.4, -0.2) is 21.2 Å². The van der Waals surface area contributed by atoms with E-state index in [1.54, 1.807) is 12.3 Å². The van der Waals surface area contributed by atoms with Gasteiger partial charge >= 0.3 is 6.15 Å². The number of rotatable bonds is 1. The maximum absolute atomic E-state index is 9.92. The van der Waals surface area contributed by atoms with Crippen LogP contribution in [0.3, 0.4) is 0 Å². The van der Waals surface area contributed by atoms with Crippen LogP contribution < -0.4 is 0 Å². The van der Waals surface area contributed by atoms with Crippen molar-refractivity contribution in [1.29, 1.82) is 0 Å². The van der Waals surface area contributed by atoms with Gasteiger partial charge in [0.1, 0.15) is 11.4 Å². The highest BCUT2D eigenvalue weighted by Gasteiger charge is 2.37. The first-order valence-electron chi connectivity index (χ1n) is 4.64. The summed E-state index contributed by atoms with van der Waals surface area (Å²) in [5.41, 5.74) is 0.134. The Morgan fingerprint density at radius 2 is 2.07 bits per heavy atom. The molecule has 0 aromatic carbocycles. The third-order valence-corrected chi connectivity index (χ3v) is 2.43. The van der Waals surface area contributed by atoms with Gasteiger partial charge in [-0.2, -0.15) is 9.59 Å².